The Balaban J connectivity index is 1.64. The van der Waals surface area contributed by atoms with E-state index in [-0.39, 0.29) is 22.9 Å². The summed E-state index contributed by atoms with van der Waals surface area (Å²) >= 11 is 2.78. The monoisotopic (exact) mass is 387 g/mol. The molecule has 3 aromatic rings. The minimum atomic E-state index is -1.33. The normalized spacial score (nSPS) is 10.7. The molecule has 0 unspecified atom stereocenters. The SMILES string of the molecule is CCOc1ccc2nc(SCC(=O)Nc3ccccc3C(=O)[O-])sc2c1. The van der Waals surface area contributed by atoms with E-state index >= 15 is 0 Å². The van der Waals surface area contributed by atoms with Crippen molar-refractivity contribution in [3.8, 4) is 5.75 Å². The van der Waals surface area contributed by atoms with Gasteiger partial charge in [-0.15, -0.1) is 11.3 Å². The van der Waals surface area contributed by atoms with Crippen molar-refractivity contribution in [3.05, 3.63) is 48.0 Å². The van der Waals surface area contributed by atoms with Crippen molar-refractivity contribution in [1.82, 2.24) is 4.98 Å². The van der Waals surface area contributed by atoms with Gasteiger partial charge in [0.05, 0.1) is 28.5 Å². The molecule has 8 heteroatoms. The summed E-state index contributed by atoms with van der Waals surface area (Å²) in [6, 6.07) is 11.8. The zero-order valence-electron chi connectivity index (χ0n) is 13.9. The first-order chi connectivity index (χ1) is 12.6. The first kappa shape index (κ1) is 18.2. The van der Waals surface area contributed by atoms with Gasteiger partial charge in [-0.3, -0.25) is 4.79 Å². The summed E-state index contributed by atoms with van der Waals surface area (Å²) in [6.45, 7) is 2.52. The highest BCUT2D eigenvalue weighted by atomic mass is 32.2. The molecule has 0 aliphatic rings. The summed E-state index contributed by atoms with van der Waals surface area (Å²) in [6.07, 6.45) is 0. The van der Waals surface area contributed by atoms with E-state index in [0.717, 1.165) is 20.3 Å². The Labute approximate surface area is 158 Å². The van der Waals surface area contributed by atoms with Crippen LogP contribution in [0, 0.1) is 0 Å². The van der Waals surface area contributed by atoms with Crippen LogP contribution in [0.15, 0.2) is 46.8 Å². The van der Waals surface area contributed by atoms with Gasteiger partial charge in [-0.2, -0.15) is 0 Å². The maximum absolute atomic E-state index is 12.1. The van der Waals surface area contributed by atoms with Crippen molar-refractivity contribution in [1.29, 1.82) is 0 Å². The van der Waals surface area contributed by atoms with E-state index in [1.54, 1.807) is 12.1 Å². The van der Waals surface area contributed by atoms with Crippen LogP contribution in [0.2, 0.25) is 0 Å². The van der Waals surface area contributed by atoms with Gasteiger partial charge in [0.2, 0.25) is 5.91 Å². The average Bonchev–Trinajstić information content (AvgIpc) is 3.03. The molecule has 2 aromatic carbocycles. The number of ether oxygens (including phenoxy) is 1. The van der Waals surface area contributed by atoms with Crippen LogP contribution in [0.25, 0.3) is 10.2 Å². The van der Waals surface area contributed by atoms with E-state index in [2.05, 4.69) is 10.3 Å². The Morgan fingerprint density at radius 1 is 1.27 bits per heavy atom. The lowest BCUT2D eigenvalue weighted by Gasteiger charge is -2.10. The second-order valence-electron chi connectivity index (χ2n) is 5.21. The largest absolute Gasteiger partial charge is 0.545 e. The number of hydrogen-bond acceptors (Lipinski definition) is 7. The second-order valence-corrected chi connectivity index (χ2v) is 7.47. The molecule has 1 amide bonds. The number of carboxylic acids is 1. The average molecular weight is 387 g/mol. The third-order valence-electron chi connectivity index (χ3n) is 3.40. The van der Waals surface area contributed by atoms with Gasteiger partial charge in [-0.1, -0.05) is 30.0 Å². The van der Waals surface area contributed by atoms with Gasteiger partial charge in [0.1, 0.15) is 5.75 Å². The molecule has 0 fully saturated rings. The van der Waals surface area contributed by atoms with Crippen molar-refractivity contribution in [2.45, 2.75) is 11.3 Å². The Morgan fingerprint density at radius 3 is 2.85 bits per heavy atom. The zero-order valence-corrected chi connectivity index (χ0v) is 15.5. The highest BCUT2D eigenvalue weighted by molar-refractivity contribution is 8.01. The molecule has 6 nitrogen and oxygen atoms in total. The van der Waals surface area contributed by atoms with Gasteiger partial charge in [0, 0.05) is 11.3 Å². The lowest BCUT2D eigenvalue weighted by Crippen LogP contribution is -2.25. The molecule has 0 aliphatic heterocycles. The molecule has 0 saturated carbocycles. The standard InChI is InChI=1S/C18H16N2O4S2/c1-2-24-11-7-8-14-15(9-11)26-18(20-14)25-10-16(21)19-13-6-4-3-5-12(13)17(22)23/h3-9H,2,10H2,1H3,(H,19,21)(H,22,23)/p-1. The Kier molecular flexibility index (Phi) is 5.75. The highest BCUT2D eigenvalue weighted by Crippen LogP contribution is 2.32. The molecule has 0 aliphatic carbocycles. The van der Waals surface area contributed by atoms with Crippen LogP contribution in [0.3, 0.4) is 0 Å². The third-order valence-corrected chi connectivity index (χ3v) is 5.56. The van der Waals surface area contributed by atoms with Gasteiger partial charge in [-0.05, 0) is 31.2 Å². The van der Waals surface area contributed by atoms with Crippen molar-refractivity contribution in [2.24, 2.45) is 0 Å². The summed E-state index contributed by atoms with van der Waals surface area (Å²) in [4.78, 5) is 27.7. The fourth-order valence-corrected chi connectivity index (χ4v) is 4.18. The number of nitrogens with zero attached hydrogens (tertiary/aromatic N) is 1. The predicted molar refractivity (Wildman–Crippen MR) is 101 cm³/mol. The Bertz CT molecular complexity index is 955. The van der Waals surface area contributed by atoms with Crippen LogP contribution in [0.4, 0.5) is 5.69 Å². The summed E-state index contributed by atoms with van der Waals surface area (Å²) < 4.78 is 7.22. The molecule has 1 N–H and O–H groups in total. The molecule has 1 heterocycles. The topological polar surface area (TPSA) is 91.3 Å². The maximum Gasteiger partial charge on any atom is 0.234 e. The number of fused-ring (bicyclic) bond motifs is 1. The van der Waals surface area contributed by atoms with E-state index in [1.807, 2.05) is 25.1 Å². The van der Waals surface area contributed by atoms with Gasteiger partial charge >= 0.3 is 0 Å². The van der Waals surface area contributed by atoms with E-state index < -0.39 is 5.97 Å². The molecule has 0 bridgehead atoms. The number of nitrogens with one attached hydrogen (secondary N) is 1. The number of para-hydroxylation sites is 1. The summed E-state index contributed by atoms with van der Waals surface area (Å²) in [7, 11) is 0. The molecule has 0 saturated heterocycles. The number of amides is 1. The van der Waals surface area contributed by atoms with Crippen LogP contribution in [0.1, 0.15) is 17.3 Å². The van der Waals surface area contributed by atoms with Crippen molar-refractivity contribution < 1.29 is 19.4 Å². The fraction of sp³-hybridized carbons (Fsp3) is 0.167. The van der Waals surface area contributed by atoms with Gasteiger partial charge in [0.25, 0.3) is 0 Å². The van der Waals surface area contributed by atoms with Crippen molar-refractivity contribution in [3.63, 3.8) is 0 Å². The number of aromatic carboxylic acids is 1. The number of carbonyl (C=O) groups excluding carboxylic acids is 2. The van der Waals surface area contributed by atoms with Crippen LogP contribution < -0.4 is 15.2 Å². The first-order valence-corrected chi connectivity index (χ1v) is 9.63. The van der Waals surface area contributed by atoms with Gasteiger partial charge in [0.15, 0.2) is 4.34 Å². The highest BCUT2D eigenvalue weighted by Gasteiger charge is 2.11. The van der Waals surface area contributed by atoms with Crippen molar-refractivity contribution in [2.75, 3.05) is 17.7 Å². The number of thioether (sulfide) groups is 1. The van der Waals surface area contributed by atoms with Crippen LogP contribution >= 0.6 is 23.1 Å². The number of rotatable bonds is 7. The van der Waals surface area contributed by atoms with Crippen molar-refractivity contribution >= 4 is 50.9 Å². The Morgan fingerprint density at radius 2 is 2.08 bits per heavy atom. The quantitative estimate of drug-likeness (QED) is 0.627. The molecule has 134 valence electrons. The lowest BCUT2D eigenvalue weighted by atomic mass is 10.2. The number of aromatic nitrogens is 1. The predicted octanol–water partition coefficient (Wildman–Crippen LogP) is 2.79. The summed E-state index contributed by atoms with van der Waals surface area (Å²) in [5, 5.41) is 13.7. The van der Waals surface area contributed by atoms with Crippen LogP contribution in [0.5, 0.6) is 5.75 Å². The van der Waals surface area contributed by atoms with Crippen LogP contribution in [-0.4, -0.2) is 29.2 Å². The van der Waals surface area contributed by atoms with E-state index in [0.29, 0.717) is 6.61 Å². The molecule has 3 rings (SSSR count). The molecule has 0 spiro atoms. The van der Waals surface area contributed by atoms with E-state index in [1.165, 1.54) is 35.2 Å². The van der Waals surface area contributed by atoms with Gasteiger partial charge < -0.3 is 20.0 Å². The van der Waals surface area contributed by atoms with Crippen LogP contribution in [-0.2, 0) is 4.79 Å². The molecule has 0 radical (unpaired) electrons. The number of benzene rings is 2. The zero-order chi connectivity index (χ0) is 18.5. The minimum Gasteiger partial charge on any atom is -0.545 e. The number of hydrogen-bond donors (Lipinski definition) is 1. The number of carboxylic acid groups (broad SMARTS) is 1. The third kappa shape index (κ3) is 4.33. The summed E-state index contributed by atoms with van der Waals surface area (Å²) in [5.74, 6) is -0.723. The Hall–Kier alpha value is -2.58. The molecule has 26 heavy (non-hydrogen) atoms. The number of carbonyl (C=O) groups is 2. The molecular weight excluding hydrogens is 372 g/mol. The smallest absolute Gasteiger partial charge is 0.234 e. The van der Waals surface area contributed by atoms with E-state index in [4.69, 9.17) is 4.74 Å². The summed E-state index contributed by atoms with van der Waals surface area (Å²) in [5.41, 5.74) is 1.03. The minimum absolute atomic E-state index is 0.0470. The van der Waals surface area contributed by atoms with E-state index in [9.17, 15) is 14.7 Å². The van der Waals surface area contributed by atoms with Gasteiger partial charge in [-0.25, -0.2) is 4.98 Å². The number of anilines is 1. The molecule has 0 atom stereocenters. The first-order valence-electron chi connectivity index (χ1n) is 7.83. The second kappa shape index (κ2) is 8.20. The number of thiazole rings is 1. The fourth-order valence-electron chi connectivity index (χ4n) is 2.29. The lowest BCUT2D eigenvalue weighted by molar-refractivity contribution is -0.254. The molecular formula is C18H15N2O4S2-. The maximum atomic E-state index is 12.1. The molecule has 1 aromatic heterocycles.